The third kappa shape index (κ3) is 3.86. The average Bonchev–Trinajstić information content (AvgIpc) is 3.27. The molecule has 168 valence electrons. The van der Waals surface area contributed by atoms with E-state index in [9.17, 15) is 9.59 Å². The number of amides is 2. The van der Waals surface area contributed by atoms with Crippen LogP contribution < -0.4 is 0 Å². The van der Waals surface area contributed by atoms with Crippen molar-refractivity contribution in [1.29, 1.82) is 0 Å². The number of imide groups is 1. The summed E-state index contributed by atoms with van der Waals surface area (Å²) < 4.78 is 0.983. The standard InChI is InChI=1S/C25H21N3O2S.C2H6/c1-4-15-8-5-6-9-16(15)23-26-20-14-19-21-17(22(20)31-23)10-7-11-18(21)24(29)28(25(19)30)13-12-27(2)3;1-2/h4-11,14H,1,12-13H2,2-3H3;1-2H3. The monoisotopic (exact) mass is 457 g/mol. The second kappa shape index (κ2) is 9.25. The fourth-order valence-electron chi connectivity index (χ4n) is 4.08. The molecule has 1 aliphatic heterocycles. The first-order chi connectivity index (χ1) is 16.0. The Labute approximate surface area is 198 Å². The number of aromatic nitrogens is 1. The van der Waals surface area contributed by atoms with Crippen LogP contribution in [0, 0.1) is 0 Å². The van der Waals surface area contributed by atoms with Gasteiger partial charge in [0.05, 0.1) is 15.8 Å². The van der Waals surface area contributed by atoms with Crippen LogP contribution in [0.1, 0.15) is 40.1 Å². The molecule has 1 aromatic heterocycles. The maximum atomic E-state index is 13.3. The molecular formula is C27H27N3O2S. The van der Waals surface area contributed by atoms with Crippen molar-refractivity contribution in [2.45, 2.75) is 13.8 Å². The number of carbonyl (C=O) groups excluding carboxylic acids is 2. The maximum absolute atomic E-state index is 13.3. The number of fused-ring (bicyclic) bond motifs is 2. The molecule has 4 aromatic rings. The van der Waals surface area contributed by atoms with Crippen LogP contribution in [0.5, 0.6) is 0 Å². The van der Waals surface area contributed by atoms with Gasteiger partial charge in [-0.3, -0.25) is 14.5 Å². The molecule has 6 heteroatoms. The van der Waals surface area contributed by atoms with E-state index in [1.807, 2.05) is 87.4 Å². The Kier molecular flexibility index (Phi) is 6.40. The fourth-order valence-corrected chi connectivity index (χ4v) is 5.20. The first-order valence-corrected chi connectivity index (χ1v) is 11.9. The van der Waals surface area contributed by atoms with Gasteiger partial charge in [-0.25, -0.2) is 4.98 Å². The molecule has 0 atom stereocenters. The molecule has 2 amide bonds. The number of hydrogen-bond acceptors (Lipinski definition) is 5. The van der Waals surface area contributed by atoms with Crippen molar-refractivity contribution < 1.29 is 9.59 Å². The number of likely N-dealkylation sites (N-methyl/N-ethyl adjacent to an activating group) is 1. The topological polar surface area (TPSA) is 53.5 Å². The van der Waals surface area contributed by atoms with Gasteiger partial charge >= 0.3 is 0 Å². The number of rotatable bonds is 5. The van der Waals surface area contributed by atoms with Crippen molar-refractivity contribution in [3.8, 4) is 10.6 Å². The predicted octanol–water partition coefficient (Wildman–Crippen LogP) is 5.94. The lowest BCUT2D eigenvalue weighted by Gasteiger charge is -2.28. The lowest BCUT2D eigenvalue weighted by atomic mass is 9.93. The molecule has 0 saturated heterocycles. The van der Waals surface area contributed by atoms with E-state index in [2.05, 4.69) is 6.58 Å². The van der Waals surface area contributed by atoms with E-state index in [0.717, 1.165) is 37.1 Å². The smallest absolute Gasteiger partial charge is 0.261 e. The van der Waals surface area contributed by atoms with Crippen LogP contribution in [-0.4, -0.2) is 53.8 Å². The van der Waals surface area contributed by atoms with Crippen LogP contribution >= 0.6 is 11.3 Å². The molecule has 1 aliphatic rings. The summed E-state index contributed by atoms with van der Waals surface area (Å²) in [6.45, 7) is 8.88. The third-order valence-corrected chi connectivity index (χ3v) is 6.78. The SMILES string of the molecule is C=Cc1ccccc1-c1nc2cc3c4c(cccc4c2s1)C(=O)N(CCN(C)C)C3=O.CC. The molecule has 5 rings (SSSR count). The van der Waals surface area contributed by atoms with E-state index < -0.39 is 0 Å². The van der Waals surface area contributed by atoms with Crippen LogP contribution in [0.2, 0.25) is 0 Å². The summed E-state index contributed by atoms with van der Waals surface area (Å²) in [5, 5.41) is 2.51. The molecule has 0 bridgehead atoms. The first kappa shape index (κ1) is 22.8. The van der Waals surface area contributed by atoms with E-state index >= 15 is 0 Å². The lowest BCUT2D eigenvalue weighted by Crippen LogP contribution is -2.43. The van der Waals surface area contributed by atoms with Crippen molar-refractivity contribution in [3.63, 3.8) is 0 Å². The number of nitrogens with zero attached hydrogens (tertiary/aromatic N) is 3. The molecule has 0 saturated carbocycles. The molecule has 0 spiro atoms. The van der Waals surface area contributed by atoms with E-state index in [-0.39, 0.29) is 11.8 Å². The van der Waals surface area contributed by atoms with E-state index in [4.69, 9.17) is 4.98 Å². The predicted molar refractivity (Wildman–Crippen MR) is 138 cm³/mol. The quantitative estimate of drug-likeness (QED) is 0.348. The normalized spacial score (nSPS) is 12.9. The largest absolute Gasteiger partial charge is 0.308 e. The number of hydrogen-bond donors (Lipinski definition) is 0. The molecule has 2 heterocycles. The number of benzene rings is 3. The van der Waals surface area contributed by atoms with Gasteiger partial charge in [0.2, 0.25) is 0 Å². The van der Waals surface area contributed by atoms with Gasteiger partial charge in [-0.05, 0) is 31.8 Å². The average molecular weight is 458 g/mol. The van der Waals surface area contributed by atoms with Gasteiger partial charge in [-0.2, -0.15) is 0 Å². The lowest BCUT2D eigenvalue weighted by molar-refractivity contribution is 0.0601. The van der Waals surface area contributed by atoms with E-state index in [0.29, 0.717) is 24.2 Å². The minimum atomic E-state index is -0.251. The molecule has 33 heavy (non-hydrogen) atoms. The number of carbonyl (C=O) groups is 2. The zero-order valence-corrected chi connectivity index (χ0v) is 20.2. The van der Waals surface area contributed by atoms with Gasteiger partial charge in [0.15, 0.2) is 0 Å². The van der Waals surface area contributed by atoms with E-state index in [1.54, 1.807) is 11.3 Å². The Balaban J connectivity index is 0.00000126. The maximum Gasteiger partial charge on any atom is 0.261 e. The van der Waals surface area contributed by atoms with Crippen molar-refractivity contribution >= 4 is 50.2 Å². The second-order valence-corrected chi connectivity index (χ2v) is 8.88. The zero-order chi connectivity index (χ0) is 23.7. The van der Waals surface area contributed by atoms with Gasteiger partial charge in [0.1, 0.15) is 5.01 Å². The minimum Gasteiger partial charge on any atom is -0.308 e. The summed E-state index contributed by atoms with van der Waals surface area (Å²) in [4.78, 5) is 34.6. The summed E-state index contributed by atoms with van der Waals surface area (Å²) in [6, 6.07) is 15.5. The fraction of sp³-hybridized carbons (Fsp3) is 0.222. The highest BCUT2D eigenvalue weighted by Crippen LogP contribution is 2.40. The molecule has 0 aliphatic carbocycles. The number of thiazole rings is 1. The van der Waals surface area contributed by atoms with Crippen molar-refractivity contribution in [3.05, 3.63) is 71.8 Å². The summed E-state index contributed by atoms with van der Waals surface area (Å²) in [5.41, 5.74) is 3.92. The van der Waals surface area contributed by atoms with Crippen LogP contribution in [0.15, 0.2) is 55.1 Å². The molecular weight excluding hydrogens is 430 g/mol. The summed E-state index contributed by atoms with van der Waals surface area (Å²) in [6.07, 6.45) is 1.82. The minimum absolute atomic E-state index is 0.231. The van der Waals surface area contributed by atoms with Gasteiger partial charge < -0.3 is 4.90 Å². The zero-order valence-electron chi connectivity index (χ0n) is 19.4. The Bertz CT molecular complexity index is 1390. The molecule has 5 nitrogen and oxygen atoms in total. The van der Waals surface area contributed by atoms with Crippen molar-refractivity contribution in [1.82, 2.24) is 14.8 Å². The van der Waals surface area contributed by atoms with Gasteiger partial charge in [-0.1, -0.05) is 62.9 Å². The van der Waals surface area contributed by atoms with Crippen molar-refractivity contribution in [2.24, 2.45) is 0 Å². The highest BCUT2D eigenvalue weighted by molar-refractivity contribution is 7.22. The molecule has 3 aromatic carbocycles. The third-order valence-electron chi connectivity index (χ3n) is 5.65. The van der Waals surface area contributed by atoms with Crippen LogP contribution in [0.3, 0.4) is 0 Å². The van der Waals surface area contributed by atoms with Gasteiger partial charge in [-0.15, -0.1) is 11.3 Å². The van der Waals surface area contributed by atoms with Crippen LogP contribution in [-0.2, 0) is 0 Å². The first-order valence-electron chi connectivity index (χ1n) is 11.1. The molecule has 0 N–H and O–H groups in total. The molecule has 0 radical (unpaired) electrons. The highest BCUT2D eigenvalue weighted by atomic mass is 32.1. The van der Waals surface area contributed by atoms with Crippen molar-refractivity contribution in [2.75, 3.05) is 27.2 Å². The summed E-state index contributed by atoms with van der Waals surface area (Å²) in [7, 11) is 3.85. The Morgan fingerprint density at radius 1 is 1.00 bits per heavy atom. The Morgan fingerprint density at radius 2 is 1.70 bits per heavy atom. The molecule has 0 fully saturated rings. The highest BCUT2D eigenvalue weighted by Gasteiger charge is 2.33. The Morgan fingerprint density at radius 3 is 2.42 bits per heavy atom. The van der Waals surface area contributed by atoms with Gasteiger partial charge in [0.25, 0.3) is 11.8 Å². The van der Waals surface area contributed by atoms with E-state index in [1.165, 1.54) is 4.90 Å². The summed E-state index contributed by atoms with van der Waals surface area (Å²) in [5.74, 6) is -0.482. The second-order valence-electron chi connectivity index (χ2n) is 7.88. The summed E-state index contributed by atoms with van der Waals surface area (Å²) >= 11 is 1.58. The Hall–Kier alpha value is -3.35. The van der Waals surface area contributed by atoms with Gasteiger partial charge in [0, 0.05) is 35.0 Å². The molecule has 0 unspecified atom stereocenters. The van der Waals surface area contributed by atoms with Crippen LogP contribution in [0.25, 0.3) is 37.6 Å². The van der Waals surface area contributed by atoms with Crippen LogP contribution in [0.4, 0.5) is 0 Å².